The van der Waals surface area contributed by atoms with Gasteiger partial charge in [-0.15, -0.1) is 23.2 Å². The number of benzene rings is 11. The number of aromatic hydroxyl groups is 1. The van der Waals surface area contributed by atoms with Crippen LogP contribution in [0.25, 0.3) is 0 Å². The second-order valence-corrected chi connectivity index (χ2v) is 23.9. The number of aliphatic hydroxyl groups is 1. The van der Waals surface area contributed by atoms with Crippen molar-refractivity contribution in [2.75, 3.05) is 38.3 Å². The van der Waals surface area contributed by atoms with Crippen molar-refractivity contribution in [3.05, 3.63) is 355 Å². The van der Waals surface area contributed by atoms with Crippen molar-refractivity contribution in [2.24, 2.45) is 5.73 Å². The van der Waals surface area contributed by atoms with E-state index in [1.54, 1.807) is 36.4 Å². The van der Waals surface area contributed by atoms with Crippen LogP contribution >= 0.6 is 31.1 Å². The van der Waals surface area contributed by atoms with Gasteiger partial charge in [0.05, 0.1) is 6.10 Å². The van der Waals surface area contributed by atoms with E-state index in [0.717, 1.165) is 41.3 Å². The summed E-state index contributed by atoms with van der Waals surface area (Å²) in [5.41, 5.74) is 8.64. The maximum Gasteiger partial charge on any atom is 0.172 e. The molecule has 0 aromatic heterocycles. The minimum Gasteiger partial charge on any atom is -0.508 e. The first-order chi connectivity index (χ1) is 46.5. The van der Waals surface area contributed by atoms with Gasteiger partial charge >= 0.3 is 0 Å². The third-order valence-corrected chi connectivity index (χ3v) is 16.7. The van der Waals surface area contributed by atoms with Gasteiger partial charge in [0.2, 0.25) is 0 Å². The van der Waals surface area contributed by atoms with E-state index in [4.69, 9.17) is 54.1 Å². The summed E-state index contributed by atoms with van der Waals surface area (Å²) in [5, 5.41) is 25.3. The first kappa shape index (κ1) is 77.2. The summed E-state index contributed by atoms with van der Waals surface area (Å²) in [6.45, 7) is 0.842. The molecule has 0 aliphatic rings. The maximum absolute atomic E-state index is 13.2. The van der Waals surface area contributed by atoms with Crippen molar-refractivity contribution in [1.29, 1.82) is 0 Å². The van der Waals surface area contributed by atoms with E-state index >= 15 is 0 Å². The van der Waals surface area contributed by atoms with E-state index in [0.29, 0.717) is 54.2 Å². The number of aliphatic hydroxyl groups excluding tert-OH is 1. The summed E-state index contributed by atoms with van der Waals surface area (Å²) in [6.07, 6.45) is 2.11. The number of ether oxygens (including phenoxy) is 3. The molecular formula is C80H83Cl3F4N2O5P+. The lowest BCUT2D eigenvalue weighted by Gasteiger charge is -2.19. The third-order valence-electron chi connectivity index (χ3n) is 13.6. The predicted molar refractivity (Wildman–Crippen MR) is 383 cm³/mol. The Kier molecular flexibility index (Phi) is 37.9. The molecule has 11 aromatic rings. The van der Waals surface area contributed by atoms with Crippen LogP contribution in [0.3, 0.4) is 0 Å². The van der Waals surface area contributed by atoms with Crippen molar-refractivity contribution in [3.8, 4) is 23.0 Å². The van der Waals surface area contributed by atoms with Crippen molar-refractivity contribution in [1.82, 2.24) is 5.32 Å². The molecule has 0 radical (unpaired) electrons. The molecule has 0 spiro atoms. The molecule has 0 fully saturated rings. The summed E-state index contributed by atoms with van der Waals surface area (Å²) in [7, 11) is 2.96. The van der Waals surface area contributed by atoms with Crippen LogP contribution in [-0.2, 0) is 0 Å². The zero-order chi connectivity index (χ0) is 68.1. The maximum atomic E-state index is 13.2. The number of halogens is 7. The Morgan fingerprint density at radius 1 is 0.389 bits per heavy atom. The van der Waals surface area contributed by atoms with E-state index in [1.807, 2.05) is 128 Å². The van der Waals surface area contributed by atoms with E-state index in [-0.39, 0.29) is 47.6 Å². The molecule has 0 heterocycles. The molecule has 0 saturated carbocycles. The molecule has 4 atom stereocenters. The third kappa shape index (κ3) is 30.2. The highest BCUT2D eigenvalue weighted by atomic mass is 35.5. The van der Waals surface area contributed by atoms with Crippen molar-refractivity contribution >= 4 is 47.0 Å². The largest absolute Gasteiger partial charge is 0.508 e. The van der Waals surface area contributed by atoms with Gasteiger partial charge in [-0.25, -0.2) is 17.6 Å². The lowest BCUT2D eigenvalue weighted by Crippen LogP contribution is -2.20. The molecule has 0 saturated heterocycles. The van der Waals surface area contributed by atoms with Gasteiger partial charge in [0.15, 0.2) is 5.88 Å². The van der Waals surface area contributed by atoms with Gasteiger partial charge in [-0.3, -0.25) is 0 Å². The highest BCUT2D eigenvalue weighted by Gasteiger charge is 2.17. The zero-order valence-corrected chi connectivity index (χ0v) is 56.5. The van der Waals surface area contributed by atoms with Crippen LogP contribution < -0.4 is 41.2 Å². The van der Waals surface area contributed by atoms with E-state index in [2.05, 4.69) is 102 Å². The Bertz CT molecular complexity index is 3520. The normalized spacial score (nSPS) is 11.5. The fourth-order valence-corrected chi connectivity index (χ4v) is 12.0. The van der Waals surface area contributed by atoms with E-state index < -0.39 is 13.7 Å². The predicted octanol–water partition coefficient (Wildman–Crippen LogP) is 18.6. The minimum absolute atomic E-state index is 0.0370. The molecule has 11 rings (SSSR count). The fraction of sp³-hybridized carbons (Fsp3) is 0.175. The van der Waals surface area contributed by atoms with Gasteiger partial charge < -0.3 is 35.5 Å². The van der Waals surface area contributed by atoms with Crippen molar-refractivity contribution in [3.63, 3.8) is 0 Å². The van der Waals surface area contributed by atoms with Crippen LogP contribution in [0.4, 0.5) is 17.6 Å². The van der Waals surface area contributed by atoms with Gasteiger partial charge in [-0.2, -0.15) is 0 Å². The topological polar surface area (TPSA) is 106 Å². The van der Waals surface area contributed by atoms with Crippen molar-refractivity contribution < 1.29 is 53.6 Å². The quantitative estimate of drug-likeness (QED) is 0.0304. The number of phenolic OH excluding ortho intramolecular Hbond substituents is 1. The summed E-state index contributed by atoms with van der Waals surface area (Å²) >= 11 is 16.3. The Morgan fingerprint density at radius 2 is 0.674 bits per heavy atom. The molecule has 95 heavy (non-hydrogen) atoms. The number of nitrogens with one attached hydrogen (secondary N) is 1. The number of rotatable bonds is 22. The van der Waals surface area contributed by atoms with Gasteiger partial charge in [-0.05, 0) is 115 Å². The minimum atomic E-state index is -0.446. The number of nitrogens with two attached hydrogens (primary N) is 1. The summed E-state index contributed by atoms with van der Waals surface area (Å²) in [5.74, 6) is 1.87. The molecular weight excluding hydrogens is 1280 g/mol. The highest BCUT2D eigenvalue weighted by molar-refractivity contribution is 7.79. The Balaban J connectivity index is 0.000000209. The molecule has 0 aliphatic carbocycles. The summed E-state index contributed by atoms with van der Waals surface area (Å²) in [4.78, 5) is 0. The Morgan fingerprint density at radius 3 is 0.937 bits per heavy atom. The standard InChI is InChI=1S/C18H15P.C16H18FNO.2C15H14ClFO.C9H12ClO.C6H5FO.CH5N/c1-4-10-16(11-5-1)19(17-12-6-2-7-13-17)18-14-8-3-9-15-18;1-18-11-10-16(13-6-3-2-4-7-13)19-15-9-5-8-14(17)12-15;2*16-10-9-15(12-5-2-1-3-6-12)18-14-8-4-7-13(17)11-14;10-7-6-9(11)8-4-2-1-3-5-8;7-5-2-1-3-6(8)4-5;1-2/h1-15H;2-9,12,16,18H,10-11H2,1H3;2*1-8,11,15H,9-10H2;1-5,9-11H,6-7H2;1-4,8H;2H2,1H3/q;;;;+1;;/t;16-;2*15-;9-;;/m.1110../s1. The molecule has 5 N–H and O–H groups in total. The number of phenols is 1. The number of hydrogen-bond acceptors (Lipinski definition) is 7. The molecule has 496 valence electrons. The van der Waals surface area contributed by atoms with Gasteiger partial charge in [0, 0.05) is 61.7 Å². The smallest absolute Gasteiger partial charge is 0.172 e. The summed E-state index contributed by atoms with van der Waals surface area (Å²) < 4.78 is 68.9. The fourth-order valence-electron chi connectivity index (χ4n) is 9.08. The lowest BCUT2D eigenvalue weighted by molar-refractivity contribution is -0.371. The van der Waals surface area contributed by atoms with Gasteiger partial charge in [0.25, 0.3) is 0 Å². The van der Waals surface area contributed by atoms with Gasteiger partial charge in [0.1, 0.15) is 76.2 Å². The van der Waals surface area contributed by atoms with Crippen LogP contribution in [0.15, 0.2) is 309 Å². The average molecular weight is 1370 g/mol. The molecule has 0 aliphatic heterocycles. The Labute approximate surface area is 574 Å². The molecule has 0 amide bonds. The molecule has 0 unspecified atom stereocenters. The second kappa shape index (κ2) is 46.6. The van der Waals surface area contributed by atoms with Crippen LogP contribution in [0.5, 0.6) is 23.0 Å². The first-order valence-corrected chi connectivity index (χ1v) is 33.9. The van der Waals surface area contributed by atoms with E-state index in [1.165, 1.54) is 77.6 Å². The van der Waals surface area contributed by atoms with Crippen LogP contribution in [0, 0.1) is 34.9 Å². The molecule has 0 bridgehead atoms. The monoisotopic (exact) mass is 1360 g/mol. The molecule has 7 nitrogen and oxygen atoms in total. The molecule has 15 heteroatoms. The zero-order valence-electron chi connectivity index (χ0n) is 53.2. The lowest BCUT2D eigenvalue weighted by atomic mass is 10.1. The van der Waals surface area contributed by atoms with Gasteiger partial charge in [-0.1, -0.05) is 237 Å². The van der Waals surface area contributed by atoms with Crippen molar-refractivity contribution in [2.45, 2.75) is 50.1 Å². The average Bonchev–Trinajstić information content (AvgIpc) is 0.992. The first-order valence-electron chi connectivity index (χ1n) is 30.9. The highest BCUT2D eigenvalue weighted by Crippen LogP contribution is 2.33. The van der Waals surface area contributed by atoms with Crippen LogP contribution in [-0.4, -0.2) is 48.5 Å². The number of alkyl halides is 3. The van der Waals surface area contributed by atoms with Crippen LogP contribution in [0.1, 0.15) is 72.4 Å². The van der Waals surface area contributed by atoms with E-state index in [9.17, 15) is 22.7 Å². The SMILES string of the molecule is CN.CNCC[C@@H](Oc1cccc(F)c1)c1ccccc1.Fc1cccc(O[C@H](CCCl)c2ccccc2)c1.Fc1cccc(O[C@H](CCCl)c2ccccc2)c1.O[C@@H](CC[ClH+])c1ccccc1.Oc1cccc(F)c1.c1ccc(P(c2ccccc2)c2ccccc2)cc1. The second-order valence-electron chi connectivity index (χ2n) is 20.5. The number of hydrogen-bond donors (Lipinski definition) is 4. The summed E-state index contributed by atoms with van der Waals surface area (Å²) in [6, 6.07) is 95.3. The van der Waals surface area contributed by atoms with Crippen LogP contribution in [0.2, 0.25) is 0 Å². The Hall–Kier alpha value is -8.48. The molecule has 11 aromatic carbocycles.